The zero-order chi connectivity index (χ0) is 13.7. The molecule has 19 heavy (non-hydrogen) atoms. The number of hydrogen-bond acceptors (Lipinski definition) is 5. The molecule has 0 radical (unpaired) electrons. The van der Waals surface area contributed by atoms with Gasteiger partial charge in [-0.3, -0.25) is 4.98 Å². The minimum absolute atomic E-state index is 0.290. The Morgan fingerprint density at radius 3 is 2.79 bits per heavy atom. The van der Waals surface area contributed by atoms with Gasteiger partial charge in [0.25, 0.3) is 0 Å². The standard InChI is InChI=1S/C14H18N2O2S/c1-10(13-5-4-8-19-13)16-9-11-14(18-3)12(17-2)6-7-15-11/h4-8,10,16H,9H2,1-3H3/t10-/m0/s1. The highest BCUT2D eigenvalue weighted by Crippen LogP contribution is 2.29. The van der Waals surface area contributed by atoms with Gasteiger partial charge in [0.2, 0.25) is 0 Å². The third-order valence-electron chi connectivity index (χ3n) is 2.91. The van der Waals surface area contributed by atoms with Gasteiger partial charge in [0.05, 0.1) is 19.9 Å². The summed E-state index contributed by atoms with van der Waals surface area (Å²) >= 11 is 1.74. The molecule has 2 aromatic heterocycles. The lowest BCUT2D eigenvalue weighted by Gasteiger charge is -2.15. The number of aromatic nitrogens is 1. The van der Waals surface area contributed by atoms with Gasteiger partial charge in [-0.2, -0.15) is 0 Å². The van der Waals surface area contributed by atoms with Crippen molar-refractivity contribution in [2.45, 2.75) is 19.5 Å². The number of methoxy groups -OCH3 is 2. The molecule has 0 aliphatic heterocycles. The minimum atomic E-state index is 0.290. The van der Waals surface area contributed by atoms with Gasteiger partial charge in [-0.25, -0.2) is 0 Å². The molecule has 0 fully saturated rings. The van der Waals surface area contributed by atoms with Gasteiger partial charge in [-0.15, -0.1) is 11.3 Å². The molecule has 102 valence electrons. The monoisotopic (exact) mass is 278 g/mol. The van der Waals surface area contributed by atoms with E-state index in [-0.39, 0.29) is 6.04 Å². The number of nitrogens with zero attached hydrogens (tertiary/aromatic N) is 1. The van der Waals surface area contributed by atoms with Gasteiger partial charge < -0.3 is 14.8 Å². The maximum absolute atomic E-state index is 5.37. The molecule has 0 saturated heterocycles. The second-order valence-electron chi connectivity index (χ2n) is 4.11. The average molecular weight is 278 g/mol. The molecule has 4 nitrogen and oxygen atoms in total. The van der Waals surface area contributed by atoms with Crippen LogP contribution in [0.25, 0.3) is 0 Å². The second kappa shape index (κ2) is 6.54. The van der Waals surface area contributed by atoms with Crippen molar-refractivity contribution < 1.29 is 9.47 Å². The van der Waals surface area contributed by atoms with E-state index in [1.54, 1.807) is 37.8 Å². The summed E-state index contributed by atoms with van der Waals surface area (Å²) < 4.78 is 10.6. The molecule has 2 rings (SSSR count). The molecule has 2 heterocycles. The first-order chi connectivity index (χ1) is 9.26. The van der Waals surface area contributed by atoms with Crippen LogP contribution in [-0.4, -0.2) is 19.2 Å². The molecule has 1 atom stereocenters. The van der Waals surface area contributed by atoms with Crippen molar-refractivity contribution in [3.8, 4) is 11.5 Å². The third kappa shape index (κ3) is 3.24. The number of hydrogen-bond donors (Lipinski definition) is 1. The van der Waals surface area contributed by atoms with Gasteiger partial charge in [0.1, 0.15) is 0 Å². The highest BCUT2D eigenvalue weighted by atomic mass is 32.1. The lowest BCUT2D eigenvalue weighted by Crippen LogP contribution is -2.18. The quantitative estimate of drug-likeness (QED) is 0.882. The van der Waals surface area contributed by atoms with E-state index in [1.807, 2.05) is 0 Å². The van der Waals surface area contributed by atoms with Crippen molar-refractivity contribution in [2.24, 2.45) is 0 Å². The summed E-state index contributed by atoms with van der Waals surface area (Å²) in [6.45, 7) is 2.78. The topological polar surface area (TPSA) is 43.4 Å². The SMILES string of the molecule is COc1ccnc(CN[C@@H](C)c2cccs2)c1OC. The minimum Gasteiger partial charge on any atom is -0.493 e. The summed E-state index contributed by atoms with van der Waals surface area (Å²) in [5.74, 6) is 1.40. The van der Waals surface area contributed by atoms with Crippen LogP contribution in [-0.2, 0) is 6.54 Å². The Kier molecular flexibility index (Phi) is 4.76. The molecule has 0 aromatic carbocycles. The number of rotatable bonds is 6. The van der Waals surface area contributed by atoms with Crippen molar-refractivity contribution in [1.29, 1.82) is 0 Å². The first-order valence-corrected chi connectivity index (χ1v) is 6.97. The fourth-order valence-electron chi connectivity index (χ4n) is 1.86. The Morgan fingerprint density at radius 2 is 2.16 bits per heavy atom. The fraction of sp³-hybridized carbons (Fsp3) is 0.357. The molecular formula is C14H18N2O2S. The largest absolute Gasteiger partial charge is 0.493 e. The number of ether oxygens (including phenoxy) is 2. The van der Waals surface area contributed by atoms with E-state index in [0.29, 0.717) is 18.0 Å². The molecule has 5 heteroatoms. The first-order valence-electron chi connectivity index (χ1n) is 6.09. The van der Waals surface area contributed by atoms with E-state index in [0.717, 1.165) is 5.69 Å². The Hall–Kier alpha value is -1.59. The second-order valence-corrected chi connectivity index (χ2v) is 5.09. The molecule has 0 aliphatic carbocycles. The lowest BCUT2D eigenvalue weighted by molar-refractivity contribution is 0.347. The molecule has 0 unspecified atom stereocenters. The van der Waals surface area contributed by atoms with Crippen LogP contribution in [0.5, 0.6) is 11.5 Å². The van der Waals surface area contributed by atoms with Crippen molar-refractivity contribution in [1.82, 2.24) is 10.3 Å². The van der Waals surface area contributed by atoms with E-state index in [9.17, 15) is 0 Å². The molecule has 2 aromatic rings. The van der Waals surface area contributed by atoms with Crippen LogP contribution >= 0.6 is 11.3 Å². The highest BCUT2D eigenvalue weighted by molar-refractivity contribution is 7.10. The van der Waals surface area contributed by atoms with Crippen molar-refractivity contribution in [2.75, 3.05) is 14.2 Å². The highest BCUT2D eigenvalue weighted by Gasteiger charge is 2.12. The molecule has 0 spiro atoms. The Morgan fingerprint density at radius 1 is 1.32 bits per heavy atom. The van der Waals surface area contributed by atoms with Crippen LogP contribution in [0.3, 0.4) is 0 Å². The van der Waals surface area contributed by atoms with E-state index >= 15 is 0 Å². The van der Waals surface area contributed by atoms with Crippen LogP contribution in [0.1, 0.15) is 23.5 Å². The number of pyridine rings is 1. The van der Waals surface area contributed by atoms with Crippen molar-refractivity contribution in [3.05, 3.63) is 40.3 Å². The lowest BCUT2D eigenvalue weighted by atomic mass is 10.2. The summed E-state index contributed by atoms with van der Waals surface area (Å²) in [7, 11) is 3.26. The van der Waals surface area contributed by atoms with Crippen LogP contribution in [0.15, 0.2) is 29.8 Å². The van der Waals surface area contributed by atoms with E-state index in [1.165, 1.54) is 4.88 Å². The zero-order valence-electron chi connectivity index (χ0n) is 11.3. The number of nitrogens with one attached hydrogen (secondary N) is 1. The van der Waals surface area contributed by atoms with Crippen LogP contribution in [0.4, 0.5) is 0 Å². The Labute approximate surface area is 117 Å². The van der Waals surface area contributed by atoms with Gasteiger partial charge in [-0.1, -0.05) is 6.07 Å². The summed E-state index contributed by atoms with van der Waals surface area (Å²) in [4.78, 5) is 5.65. The molecule has 0 amide bonds. The van der Waals surface area contributed by atoms with E-state index < -0.39 is 0 Å². The molecule has 0 bridgehead atoms. The normalized spacial score (nSPS) is 12.2. The zero-order valence-corrected chi connectivity index (χ0v) is 12.2. The molecule has 0 saturated carbocycles. The Bertz CT molecular complexity index is 514. The smallest absolute Gasteiger partial charge is 0.183 e. The molecule has 1 N–H and O–H groups in total. The predicted octanol–water partition coefficient (Wildman–Crippen LogP) is 3.01. The molecule has 0 aliphatic rings. The summed E-state index contributed by atoms with van der Waals surface area (Å²) in [5, 5.41) is 5.52. The summed E-state index contributed by atoms with van der Waals surface area (Å²) in [6.07, 6.45) is 1.73. The first kappa shape index (κ1) is 13.8. The van der Waals surface area contributed by atoms with E-state index in [4.69, 9.17) is 9.47 Å². The molecular weight excluding hydrogens is 260 g/mol. The van der Waals surface area contributed by atoms with Crippen molar-refractivity contribution >= 4 is 11.3 Å². The van der Waals surface area contributed by atoms with Gasteiger partial charge in [0.15, 0.2) is 11.5 Å². The van der Waals surface area contributed by atoms with Crippen LogP contribution in [0.2, 0.25) is 0 Å². The predicted molar refractivity (Wildman–Crippen MR) is 76.9 cm³/mol. The van der Waals surface area contributed by atoms with Gasteiger partial charge in [0, 0.05) is 29.7 Å². The van der Waals surface area contributed by atoms with Crippen LogP contribution in [0, 0.1) is 0 Å². The summed E-state index contributed by atoms with van der Waals surface area (Å²) in [6, 6.07) is 6.27. The van der Waals surface area contributed by atoms with Crippen molar-refractivity contribution in [3.63, 3.8) is 0 Å². The Balaban J connectivity index is 2.07. The maximum Gasteiger partial charge on any atom is 0.183 e. The fourth-order valence-corrected chi connectivity index (χ4v) is 2.62. The summed E-state index contributed by atoms with van der Waals surface area (Å²) in [5.41, 5.74) is 0.852. The van der Waals surface area contributed by atoms with Crippen LogP contribution < -0.4 is 14.8 Å². The van der Waals surface area contributed by atoms with Gasteiger partial charge in [-0.05, 0) is 18.4 Å². The van der Waals surface area contributed by atoms with Gasteiger partial charge >= 0.3 is 0 Å². The third-order valence-corrected chi connectivity index (χ3v) is 3.97. The number of thiophene rings is 1. The van der Waals surface area contributed by atoms with E-state index in [2.05, 4.69) is 34.7 Å². The maximum atomic E-state index is 5.37. The average Bonchev–Trinajstić information content (AvgIpc) is 2.98.